The Hall–Kier alpha value is -1.30. The molecular weight excluding hydrogens is 304 g/mol. The number of hydrogen-bond donors (Lipinski definition) is 1. The first kappa shape index (κ1) is 20.7. The number of likely N-dealkylation sites (tertiary alicyclic amines) is 1. The Morgan fingerprint density at radius 1 is 1.21 bits per heavy atom. The van der Waals surface area contributed by atoms with Crippen molar-refractivity contribution >= 4 is 11.9 Å². The summed E-state index contributed by atoms with van der Waals surface area (Å²) in [5.74, 6) is 0.958. The Bertz CT molecular complexity index is 375. The van der Waals surface area contributed by atoms with Crippen molar-refractivity contribution in [1.82, 2.24) is 15.1 Å². The van der Waals surface area contributed by atoms with E-state index in [1.165, 1.54) is 13.5 Å². The first-order chi connectivity index (χ1) is 11.7. The van der Waals surface area contributed by atoms with Gasteiger partial charge in [0, 0.05) is 26.2 Å². The van der Waals surface area contributed by atoms with Crippen molar-refractivity contribution < 1.29 is 9.53 Å². The van der Waals surface area contributed by atoms with Gasteiger partial charge in [-0.3, -0.25) is 9.79 Å². The maximum atomic E-state index is 11.6. The van der Waals surface area contributed by atoms with Crippen LogP contribution in [-0.2, 0) is 9.53 Å². The first-order valence-electron chi connectivity index (χ1n) is 9.49. The molecule has 1 aliphatic rings. The molecule has 6 heteroatoms. The number of carbonyl (C=O) groups excluding carboxylic acids is 1. The minimum absolute atomic E-state index is 0.0446. The predicted octanol–water partition coefficient (Wildman–Crippen LogP) is 1.96. The van der Waals surface area contributed by atoms with Crippen LogP contribution in [0.1, 0.15) is 46.5 Å². The van der Waals surface area contributed by atoms with Crippen molar-refractivity contribution in [2.24, 2.45) is 10.9 Å². The Morgan fingerprint density at radius 2 is 1.88 bits per heavy atom. The number of unbranched alkanes of at least 4 members (excludes halogenated alkanes) is 1. The molecule has 24 heavy (non-hydrogen) atoms. The van der Waals surface area contributed by atoms with Gasteiger partial charge in [-0.25, -0.2) is 0 Å². The maximum absolute atomic E-state index is 11.6. The lowest BCUT2D eigenvalue weighted by molar-refractivity contribution is -0.146. The molecule has 0 spiro atoms. The van der Waals surface area contributed by atoms with E-state index in [0.717, 1.165) is 71.0 Å². The third kappa shape index (κ3) is 7.07. The standard InChI is InChI=1S/C18H36N4O2/c1-5-19-18(20-12-8-9-13-21(6-2)7-3)22-14-10-16(11-15-22)17(23)24-4/h16H,5-15H2,1-4H3,(H,19,20). The van der Waals surface area contributed by atoms with Gasteiger partial charge in [0.15, 0.2) is 5.96 Å². The minimum Gasteiger partial charge on any atom is -0.469 e. The lowest BCUT2D eigenvalue weighted by atomic mass is 9.97. The topological polar surface area (TPSA) is 57.2 Å². The monoisotopic (exact) mass is 340 g/mol. The number of nitrogens with zero attached hydrogens (tertiary/aromatic N) is 3. The molecule has 1 heterocycles. The smallest absolute Gasteiger partial charge is 0.308 e. The van der Waals surface area contributed by atoms with E-state index in [0.29, 0.717) is 0 Å². The van der Waals surface area contributed by atoms with Gasteiger partial charge in [-0.1, -0.05) is 13.8 Å². The van der Waals surface area contributed by atoms with Gasteiger partial charge in [-0.05, 0) is 52.2 Å². The fraction of sp³-hybridized carbons (Fsp3) is 0.889. The van der Waals surface area contributed by atoms with Gasteiger partial charge in [-0.2, -0.15) is 0 Å². The zero-order valence-corrected chi connectivity index (χ0v) is 16.0. The summed E-state index contributed by atoms with van der Waals surface area (Å²) < 4.78 is 4.86. The van der Waals surface area contributed by atoms with Crippen LogP contribution in [0.15, 0.2) is 4.99 Å². The third-order valence-electron chi connectivity index (χ3n) is 4.70. The summed E-state index contributed by atoms with van der Waals surface area (Å²) in [4.78, 5) is 21.1. The Kier molecular flexibility index (Phi) is 10.5. The quantitative estimate of drug-likeness (QED) is 0.301. The fourth-order valence-corrected chi connectivity index (χ4v) is 3.09. The van der Waals surface area contributed by atoms with E-state index >= 15 is 0 Å². The molecule has 0 saturated carbocycles. The van der Waals surface area contributed by atoms with Crippen molar-refractivity contribution in [3.05, 3.63) is 0 Å². The highest BCUT2D eigenvalue weighted by Crippen LogP contribution is 2.18. The van der Waals surface area contributed by atoms with Crippen LogP contribution in [-0.4, -0.2) is 74.7 Å². The molecule has 0 amide bonds. The molecule has 0 unspecified atom stereocenters. The third-order valence-corrected chi connectivity index (χ3v) is 4.70. The summed E-state index contributed by atoms with van der Waals surface area (Å²) in [5, 5.41) is 3.38. The summed E-state index contributed by atoms with van der Waals surface area (Å²) in [6.07, 6.45) is 4.00. The van der Waals surface area contributed by atoms with Crippen molar-refractivity contribution in [3.8, 4) is 0 Å². The molecule has 1 saturated heterocycles. The van der Waals surface area contributed by atoms with Gasteiger partial charge in [0.1, 0.15) is 0 Å². The molecule has 0 aromatic rings. The van der Waals surface area contributed by atoms with Crippen LogP contribution in [0, 0.1) is 5.92 Å². The molecule has 0 atom stereocenters. The van der Waals surface area contributed by atoms with E-state index in [1.807, 2.05) is 0 Å². The predicted molar refractivity (Wildman–Crippen MR) is 99.3 cm³/mol. The summed E-state index contributed by atoms with van der Waals surface area (Å²) in [6.45, 7) is 13.4. The molecule has 0 bridgehead atoms. The Labute approximate surface area is 147 Å². The van der Waals surface area contributed by atoms with Gasteiger partial charge < -0.3 is 19.9 Å². The van der Waals surface area contributed by atoms with E-state index in [1.54, 1.807) is 0 Å². The van der Waals surface area contributed by atoms with Gasteiger partial charge in [0.2, 0.25) is 0 Å². The fourth-order valence-electron chi connectivity index (χ4n) is 3.09. The number of carbonyl (C=O) groups is 1. The van der Waals surface area contributed by atoms with Crippen LogP contribution in [0.5, 0.6) is 0 Å². The number of nitrogens with one attached hydrogen (secondary N) is 1. The van der Waals surface area contributed by atoms with Crippen LogP contribution in [0.25, 0.3) is 0 Å². The molecule has 140 valence electrons. The normalized spacial score (nSPS) is 16.5. The number of hydrogen-bond acceptors (Lipinski definition) is 4. The largest absolute Gasteiger partial charge is 0.469 e. The summed E-state index contributed by atoms with van der Waals surface area (Å²) in [5.41, 5.74) is 0. The highest BCUT2D eigenvalue weighted by Gasteiger charge is 2.26. The Morgan fingerprint density at radius 3 is 2.42 bits per heavy atom. The summed E-state index contributed by atoms with van der Waals surface area (Å²) >= 11 is 0. The molecule has 1 rings (SSSR count). The summed E-state index contributed by atoms with van der Waals surface area (Å²) in [7, 11) is 1.47. The highest BCUT2D eigenvalue weighted by atomic mass is 16.5. The van der Waals surface area contributed by atoms with Crippen molar-refractivity contribution in [1.29, 1.82) is 0 Å². The highest BCUT2D eigenvalue weighted by molar-refractivity contribution is 5.80. The Balaban J connectivity index is 2.39. The van der Waals surface area contributed by atoms with Gasteiger partial charge in [-0.15, -0.1) is 0 Å². The first-order valence-corrected chi connectivity index (χ1v) is 9.49. The zero-order chi connectivity index (χ0) is 17.8. The van der Waals surface area contributed by atoms with E-state index in [9.17, 15) is 4.79 Å². The number of rotatable bonds is 9. The zero-order valence-electron chi connectivity index (χ0n) is 16.0. The van der Waals surface area contributed by atoms with Crippen LogP contribution in [0.4, 0.5) is 0 Å². The van der Waals surface area contributed by atoms with Gasteiger partial charge in [0.25, 0.3) is 0 Å². The van der Waals surface area contributed by atoms with Crippen molar-refractivity contribution in [3.63, 3.8) is 0 Å². The molecule has 0 aliphatic carbocycles. The van der Waals surface area contributed by atoms with Gasteiger partial charge >= 0.3 is 5.97 Å². The van der Waals surface area contributed by atoms with E-state index in [4.69, 9.17) is 9.73 Å². The number of guanidine groups is 1. The number of esters is 1. The lowest BCUT2D eigenvalue weighted by Crippen LogP contribution is -2.46. The molecule has 0 radical (unpaired) electrons. The minimum atomic E-state index is -0.0759. The number of ether oxygens (including phenoxy) is 1. The SMILES string of the molecule is CCNC(=NCCCCN(CC)CC)N1CCC(C(=O)OC)CC1. The second-order valence-electron chi connectivity index (χ2n) is 6.25. The lowest BCUT2D eigenvalue weighted by Gasteiger charge is -2.33. The van der Waals surface area contributed by atoms with Crippen LogP contribution >= 0.6 is 0 Å². The number of piperidine rings is 1. The second kappa shape index (κ2) is 12.1. The summed E-state index contributed by atoms with van der Waals surface area (Å²) in [6, 6.07) is 0. The number of aliphatic imine (C=N–C) groups is 1. The van der Waals surface area contributed by atoms with Crippen molar-refractivity contribution in [2.45, 2.75) is 46.5 Å². The maximum Gasteiger partial charge on any atom is 0.308 e. The van der Waals surface area contributed by atoms with Crippen molar-refractivity contribution in [2.75, 3.05) is 52.9 Å². The van der Waals surface area contributed by atoms with Crippen LogP contribution in [0.3, 0.4) is 0 Å². The van der Waals surface area contributed by atoms with E-state index in [-0.39, 0.29) is 11.9 Å². The van der Waals surface area contributed by atoms with Crippen LogP contribution < -0.4 is 5.32 Å². The molecule has 1 aliphatic heterocycles. The second-order valence-corrected chi connectivity index (χ2v) is 6.25. The molecule has 0 aromatic heterocycles. The average molecular weight is 341 g/mol. The van der Waals surface area contributed by atoms with E-state index < -0.39 is 0 Å². The average Bonchev–Trinajstić information content (AvgIpc) is 2.63. The molecule has 0 aromatic carbocycles. The molecule has 1 fully saturated rings. The van der Waals surface area contributed by atoms with Crippen LogP contribution in [0.2, 0.25) is 0 Å². The molecular formula is C18H36N4O2. The van der Waals surface area contributed by atoms with Gasteiger partial charge in [0.05, 0.1) is 13.0 Å². The molecule has 1 N–H and O–H groups in total. The molecule has 6 nitrogen and oxygen atoms in total. The number of methoxy groups -OCH3 is 1. The van der Waals surface area contributed by atoms with E-state index in [2.05, 4.69) is 35.9 Å².